The van der Waals surface area contributed by atoms with E-state index in [1.807, 2.05) is 18.2 Å². The first kappa shape index (κ1) is 12.5. The topological polar surface area (TPSA) is 50.4 Å². The van der Waals surface area contributed by atoms with Crippen molar-refractivity contribution >= 4 is 11.6 Å². The van der Waals surface area contributed by atoms with Crippen LogP contribution >= 0.6 is 0 Å². The van der Waals surface area contributed by atoms with Gasteiger partial charge in [0.15, 0.2) is 0 Å². The summed E-state index contributed by atoms with van der Waals surface area (Å²) in [5.74, 6) is 1.62. The van der Waals surface area contributed by atoms with Crippen LogP contribution in [0.2, 0.25) is 0 Å². The molecule has 3 rings (SSSR count). The summed E-state index contributed by atoms with van der Waals surface area (Å²) < 4.78 is 5.74. The Morgan fingerprint density at radius 2 is 2.26 bits per heavy atom. The van der Waals surface area contributed by atoms with Gasteiger partial charge < -0.3 is 15.4 Å². The largest absolute Gasteiger partial charge is 0.493 e. The molecular weight excluding hydrogens is 240 g/mol. The van der Waals surface area contributed by atoms with Crippen molar-refractivity contribution in [3.8, 4) is 5.75 Å². The lowest BCUT2D eigenvalue weighted by Gasteiger charge is -2.11. The molecular formula is C15H20N2O2. The predicted octanol–water partition coefficient (Wildman–Crippen LogP) is 2.47. The summed E-state index contributed by atoms with van der Waals surface area (Å²) in [5, 5.41) is 6.18. The fourth-order valence-electron chi connectivity index (χ4n) is 2.32. The molecule has 0 saturated heterocycles. The Bertz CT molecular complexity index is 483. The van der Waals surface area contributed by atoms with E-state index >= 15 is 0 Å². The highest BCUT2D eigenvalue weighted by Crippen LogP contribution is 2.35. The number of carbonyl (C=O) groups excluding carboxylic acids is 1. The lowest BCUT2D eigenvalue weighted by atomic mass is 10.1. The van der Waals surface area contributed by atoms with E-state index in [0.29, 0.717) is 0 Å². The number of anilines is 1. The van der Waals surface area contributed by atoms with Crippen molar-refractivity contribution in [2.45, 2.75) is 32.2 Å². The van der Waals surface area contributed by atoms with Gasteiger partial charge in [-0.3, -0.25) is 4.79 Å². The average molecular weight is 260 g/mol. The second-order valence-corrected chi connectivity index (χ2v) is 5.38. The van der Waals surface area contributed by atoms with Crippen LogP contribution in [-0.4, -0.2) is 19.1 Å². The Balaban J connectivity index is 1.70. The molecule has 2 aliphatic rings. The zero-order valence-electron chi connectivity index (χ0n) is 11.2. The van der Waals surface area contributed by atoms with Crippen LogP contribution in [0.25, 0.3) is 0 Å². The number of carbonyl (C=O) groups is 1. The summed E-state index contributed by atoms with van der Waals surface area (Å²) in [6.45, 7) is 3.73. The van der Waals surface area contributed by atoms with Gasteiger partial charge in [-0.05, 0) is 37.8 Å². The van der Waals surface area contributed by atoms with Gasteiger partial charge in [-0.15, -0.1) is 0 Å². The van der Waals surface area contributed by atoms with Crippen LogP contribution in [0, 0.1) is 5.92 Å². The third-order valence-corrected chi connectivity index (χ3v) is 3.64. The molecule has 1 aliphatic carbocycles. The lowest BCUT2D eigenvalue weighted by Crippen LogP contribution is -2.27. The van der Waals surface area contributed by atoms with Gasteiger partial charge in [0.05, 0.1) is 6.61 Å². The van der Waals surface area contributed by atoms with Gasteiger partial charge in [-0.25, -0.2) is 0 Å². The maximum atomic E-state index is 11.9. The number of hydrogen-bond acceptors (Lipinski definition) is 3. The molecule has 4 heteroatoms. The van der Waals surface area contributed by atoms with Gasteiger partial charge in [-0.2, -0.15) is 0 Å². The van der Waals surface area contributed by atoms with E-state index in [9.17, 15) is 4.79 Å². The van der Waals surface area contributed by atoms with Crippen molar-refractivity contribution in [3.63, 3.8) is 0 Å². The normalized spacial score (nSPS) is 21.1. The van der Waals surface area contributed by atoms with E-state index in [4.69, 9.17) is 4.74 Å². The van der Waals surface area contributed by atoms with Crippen LogP contribution in [0.4, 0.5) is 5.69 Å². The Morgan fingerprint density at radius 1 is 1.42 bits per heavy atom. The highest BCUT2D eigenvalue weighted by Gasteiger charge is 2.30. The monoisotopic (exact) mass is 260 g/mol. The molecule has 102 valence electrons. The Labute approximate surface area is 113 Å². The molecule has 0 bridgehead atoms. The molecule has 1 amide bonds. The first-order chi connectivity index (χ1) is 9.28. The van der Waals surface area contributed by atoms with Gasteiger partial charge in [0.2, 0.25) is 5.91 Å². The molecule has 2 N–H and O–H groups in total. The summed E-state index contributed by atoms with van der Waals surface area (Å²) in [5.41, 5.74) is 1.91. The standard InChI is InChI=1S/C15H20N2O2/c1-2-7-16-14-12-6-5-11(19-9-10-3-4-10)8-13(12)17-15(14)18/h5-6,8,10,14,16H,2-4,7,9H2,1H3,(H,17,18). The summed E-state index contributed by atoms with van der Waals surface area (Å²) >= 11 is 0. The number of nitrogens with one attached hydrogen (secondary N) is 2. The van der Waals surface area contributed by atoms with Crippen LogP contribution in [0.15, 0.2) is 18.2 Å². The van der Waals surface area contributed by atoms with E-state index in [2.05, 4.69) is 17.6 Å². The van der Waals surface area contributed by atoms with Crippen molar-refractivity contribution in [3.05, 3.63) is 23.8 Å². The Hall–Kier alpha value is -1.55. The SMILES string of the molecule is CCCNC1C(=O)Nc2cc(OCC3CC3)ccc21. The molecule has 0 aromatic heterocycles. The highest BCUT2D eigenvalue weighted by atomic mass is 16.5. The van der Waals surface area contributed by atoms with E-state index in [1.54, 1.807) is 0 Å². The molecule has 4 nitrogen and oxygen atoms in total. The molecule has 19 heavy (non-hydrogen) atoms. The summed E-state index contributed by atoms with van der Waals surface area (Å²) in [6, 6.07) is 5.67. The number of ether oxygens (including phenoxy) is 1. The number of rotatable bonds is 6. The molecule has 1 unspecified atom stereocenters. The van der Waals surface area contributed by atoms with Crippen LogP contribution in [0.3, 0.4) is 0 Å². The molecule has 1 aromatic carbocycles. The van der Waals surface area contributed by atoms with E-state index in [0.717, 1.165) is 42.5 Å². The van der Waals surface area contributed by atoms with Crippen molar-refractivity contribution in [2.75, 3.05) is 18.5 Å². The average Bonchev–Trinajstić information content (AvgIpc) is 3.18. The molecule has 0 spiro atoms. The number of amides is 1. The van der Waals surface area contributed by atoms with Gasteiger partial charge in [0.1, 0.15) is 11.8 Å². The van der Waals surface area contributed by atoms with Crippen LogP contribution in [0.1, 0.15) is 37.8 Å². The lowest BCUT2D eigenvalue weighted by molar-refractivity contribution is -0.117. The molecule has 0 radical (unpaired) electrons. The molecule has 1 saturated carbocycles. The number of hydrogen-bond donors (Lipinski definition) is 2. The number of benzene rings is 1. The smallest absolute Gasteiger partial charge is 0.246 e. The maximum absolute atomic E-state index is 11.9. The summed E-state index contributed by atoms with van der Waals surface area (Å²) in [7, 11) is 0. The maximum Gasteiger partial charge on any atom is 0.246 e. The van der Waals surface area contributed by atoms with Gasteiger partial charge in [-0.1, -0.05) is 13.0 Å². The Kier molecular flexibility index (Phi) is 3.42. The van der Waals surface area contributed by atoms with Gasteiger partial charge in [0, 0.05) is 17.3 Å². The van der Waals surface area contributed by atoms with Crippen LogP contribution < -0.4 is 15.4 Å². The highest BCUT2D eigenvalue weighted by molar-refractivity contribution is 6.02. The van der Waals surface area contributed by atoms with Gasteiger partial charge >= 0.3 is 0 Å². The zero-order chi connectivity index (χ0) is 13.2. The first-order valence-electron chi connectivity index (χ1n) is 7.09. The van der Waals surface area contributed by atoms with Crippen LogP contribution in [-0.2, 0) is 4.79 Å². The molecule has 1 aromatic rings. The summed E-state index contributed by atoms with van der Waals surface area (Å²) in [4.78, 5) is 11.9. The van der Waals surface area contributed by atoms with Crippen molar-refractivity contribution < 1.29 is 9.53 Å². The minimum absolute atomic E-state index is 0.0304. The first-order valence-corrected chi connectivity index (χ1v) is 7.09. The van der Waals surface area contributed by atoms with E-state index in [1.165, 1.54) is 12.8 Å². The van der Waals surface area contributed by atoms with Gasteiger partial charge in [0.25, 0.3) is 0 Å². The van der Waals surface area contributed by atoms with E-state index < -0.39 is 0 Å². The molecule has 1 fully saturated rings. The fraction of sp³-hybridized carbons (Fsp3) is 0.533. The minimum Gasteiger partial charge on any atom is -0.493 e. The summed E-state index contributed by atoms with van der Waals surface area (Å²) in [6.07, 6.45) is 3.58. The predicted molar refractivity (Wildman–Crippen MR) is 74.3 cm³/mol. The second kappa shape index (κ2) is 5.21. The van der Waals surface area contributed by atoms with Crippen molar-refractivity contribution in [2.24, 2.45) is 5.92 Å². The molecule has 1 heterocycles. The third kappa shape index (κ3) is 2.73. The third-order valence-electron chi connectivity index (χ3n) is 3.64. The van der Waals surface area contributed by atoms with E-state index in [-0.39, 0.29) is 11.9 Å². The molecule has 1 aliphatic heterocycles. The zero-order valence-corrected chi connectivity index (χ0v) is 11.2. The van der Waals surface area contributed by atoms with Crippen molar-refractivity contribution in [1.82, 2.24) is 5.32 Å². The molecule has 1 atom stereocenters. The van der Waals surface area contributed by atoms with Crippen LogP contribution in [0.5, 0.6) is 5.75 Å². The fourth-order valence-corrected chi connectivity index (χ4v) is 2.32. The quantitative estimate of drug-likeness (QED) is 0.826. The minimum atomic E-state index is -0.215. The number of fused-ring (bicyclic) bond motifs is 1. The Morgan fingerprint density at radius 3 is 3.00 bits per heavy atom. The second-order valence-electron chi connectivity index (χ2n) is 5.38. The van der Waals surface area contributed by atoms with Crippen molar-refractivity contribution in [1.29, 1.82) is 0 Å².